The van der Waals surface area contributed by atoms with Gasteiger partial charge in [-0.05, 0) is 18.6 Å². The molecule has 4 nitrogen and oxygen atoms in total. The van der Waals surface area contributed by atoms with Crippen molar-refractivity contribution in [2.24, 2.45) is 0 Å². The lowest BCUT2D eigenvalue weighted by Crippen LogP contribution is -1.99. The third-order valence-corrected chi connectivity index (χ3v) is 2.00. The summed E-state index contributed by atoms with van der Waals surface area (Å²) in [7, 11) is 0. The molecule has 0 aliphatic rings. The molecular weight excluding hydrogens is 199 g/mol. The number of nitriles is 1. The zero-order chi connectivity index (χ0) is 11.4. The summed E-state index contributed by atoms with van der Waals surface area (Å²) in [6.07, 6.45) is 0. The SMILES string of the molecule is [CH2]C(CF)c1ccc(C#N)c([N+](=O)[O-])c1. The van der Waals surface area contributed by atoms with Crippen LogP contribution in [0.1, 0.15) is 17.0 Å². The van der Waals surface area contributed by atoms with Crippen molar-refractivity contribution >= 4 is 5.69 Å². The lowest BCUT2D eigenvalue weighted by atomic mass is 10.00. The Balaban J connectivity index is 3.23. The van der Waals surface area contributed by atoms with Crippen molar-refractivity contribution in [3.63, 3.8) is 0 Å². The average Bonchev–Trinajstić information content (AvgIpc) is 2.27. The maximum Gasteiger partial charge on any atom is 0.287 e. The summed E-state index contributed by atoms with van der Waals surface area (Å²) in [5.74, 6) is -0.642. The van der Waals surface area contributed by atoms with Gasteiger partial charge in [-0.3, -0.25) is 14.5 Å². The van der Waals surface area contributed by atoms with Crippen LogP contribution in [0.2, 0.25) is 0 Å². The highest BCUT2D eigenvalue weighted by Crippen LogP contribution is 2.24. The smallest absolute Gasteiger partial charge is 0.258 e. The average molecular weight is 207 g/mol. The Morgan fingerprint density at radius 2 is 2.33 bits per heavy atom. The van der Waals surface area contributed by atoms with Gasteiger partial charge in [0.15, 0.2) is 0 Å². The highest BCUT2D eigenvalue weighted by atomic mass is 19.1. The zero-order valence-corrected chi connectivity index (χ0v) is 7.81. The predicted molar refractivity (Wildman–Crippen MR) is 51.9 cm³/mol. The second-order valence-corrected chi connectivity index (χ2v) is 3.00. The standard InChI is InChI=1S/C10H8FN2O2/c1-7(5-11)8-2-3-9(6-12)10(4-8)13(14)15/h2-4,7H,1,5H2. The van der Waals surface area contributed by atoms with Crippen molar-refractivity contribution in [3.05, 3.63) is 46.4 Å². The number of alkyl halides is 1. The van der Waals surface area contributed by atoms with E-state index in [-0.39, 0.29) is 11.3 Å². The minimum Gasteiger partial charge on any atom is -0.258 e. The molecule has 0 amide bonds. The van der Waals surface area contributed by atoms with E-state index in [0.717, 1.165) is 0 Å². The lowest BCUT2D eigenvalue weighted by molar-refractivity contribution is -0.385. The van der Waals surface area contributed by atoms with Crippen LogP contribution in [0.5, 0.6) is 0 Å². The van der Waals surface area contributed by atoms with Gasteiger partial charge in [-0.25, -0.2) is 0 Å². The normalized spacial score (nSPS) is 11.8. The van der Waals surface area contributed by atoms with Crippen LogP contribution in [0.25, 0.3) is 0 Å². The van der Waals surface area contributed by atoms with Crippen molar-refractivity contribution in [1.29, 1.82) is 5.26 Å². The Morgan fingerprint density at radius 3 is 2.80 bits per heavy atom. The first-order chi connectivity index (χ1) is 7.10. The highest BCUT2D eigenvalue weighted by molar-refractivity contribution is 5.51. The van der Waals surface area contributed by atoms with Crippen molar-refractivity contribution in [2.45, 2.75) is 5.92 Å². The largest absolute Gasteiger partial charge is 0.287 e. The monoisotopic (exact) mass is 207 g/mol. The summed E-state index contributed by atoms with van der Waals surface area (Å²) in [5.41, 5.74) is 0.0788. The van der Waals surface area contributed by atoms with Gasteiger partial charge in [0.25, 0.3) is 5.69 Å². The molecule has 5 heteroatoms. The number of benzene rings is 1. The van der Waals surface area contributed by atoms with Crippen LogP contribution < -0.4 is 0 Å². The fraction of sp³-hybridized carbons (Fsp3) is 0.200. The number of rotatable bonds is 3. The molecule has 0 bridgehead atoms. The molecule has 0 saturated heterocycles. The first-order valence-electron chi connectivity index (χ1n) is 4.17. The summed E-state index contributed by atoms with van der Waals surface area (Å²) in [6.45, 7) is 2.81. The van der Waals surface area contributed by atoms with Crippen LogP contribution in [0, 0.1) is 28.4 Å². The van der Waals surface area contributed by atoms with Gasteiger partial charge in [0.05, 0.1) is 11.6 Å². The molecule has 1 aromatic rings. The van der Waals surface area contributed by atoms with Crippen LogP contribution in [0.4, 0.5) is 10.1 Å². The van der Waals surface area contributed by atoms with Crippen molar-refractivity contribution < 1.29 is 9.31 Å². The Kier molecular flexibility index (Phi) is 3.34. The number of nitrogens with zero attached hydrogens (tertiary/aromatic N) is 2. The van der Waals surface area contributed by atoms with Crippen LogP contribution in [-0.2, 0) is 0 Å². The zero-order valence-electron chi connectivity index (χ0n) is 7.81. The number of nitro benzene ring substituents is 1. The first kappa shape index (κ1) is 11.1. The van der Waals surface area contributed by atoms with E-state index in [2.05, 4.69) is 6.92 Å². The molecule has 1 radical (unpaired) electrons. The second-order valence-electron chi connectivity index (χ2n) is 3.00. The van der Waals surface area contributed by atoms with Crippen molar-refractivity contribution in [1.82, 2.24) is 0 Å². The molecule has 77 valence electrons. The van der Waals surface area contributed by atoms with Crippen LogP contribution in [0.3, 0.4) is 0 Å². The van der Waals surface area contributed by atoms with E-state index in [9.17, 15) is 14.5 Å². The molecule has 0 heterocycles. The molecule has 1 unspecified atom stereocenters. The molecule has 0 aromatic heterocycles. The minimum absolute atomic E-state index is 0.0326. The molecule has 0 N–H and O–H groups in total. The third-order valence-electron chi connectivity index (χ3n) is 2.00. The third kappa shape index (κ3) is 2.29. The molecule has 1 aromatic carbocycles. The second kappa shape index (κ2) is 4.51. The van der Waals surface area contributed by atoms with Crippen LogP contribution in [0.15, 0.2) is 18.2 Å². The van der Waals surface area contributed by atoms with Crippen molar-refractivity contribution in [3.8, 4) is 6.07 Å². The lowest BCUT2D eigenvalue weighted by Gasteiger charge is -2.06. The van der Waals surface area contributed by atoms with Gasteiger partial charge in [0, 0.05) is 12.0 Å². The molecule has 1 rings (SSSR count). The molecule has 1 atom stereocenters. The number of hydrogen-bond acceptors (Lipinski definition) is 3. The molecule has 0 saturated carbocycles. The quantitative estimate of drug-likeness (QED) is 0.564. The first-order valence-corrected chi connectivity index (χ1v) is 4.17. The summed E-state index contributed by atoms with van der Waals surface area (Å²) < 4.78 is 12.3. The molecule has 0 fully saturated rings. The van der Waals surface area contributed by atoms with E-state index in [4.69, 9.17) is 5.26 Å². The number of hydrogen-bond donors (Lipinski definition) is 0. The predicted octanol–water partition coefficient (Wildman–Crippen LogP) is 2.35. The summed E-state index contributed by atoms with van der Waals surface area (Å²) >= 11 is 0. The molecule has 0 spiro atoms. The number of nitro groups is 1. The summed E-state index contributed by atoms with van der Waals surface area (Å²) in [4.78, 5) is 9.92. The fourth-order valence-corrected chi connectivity index (χ4v) is 1.14. The Morgan fingerprint density at radius 1 is 1.67 bits per heavy atom. The van der Waals surface area contributed by atoms with Gasteiger partial charge in [0.2, 0.25) is 0 Å². The highest BCUT2D eigenvalue weighted by Gasteiger charge is 2.16. The Labute approximate surface area is 86.1 Å². The van der Waals surface area contributed by atoms with Crippen LogP contribution >= 0.6 is 0 Å². The molecule has 15 heavy (non-hydrogen) atoms. The molecule has 0 aliphatic heterocycles. The van der Waals surface area contributed by atoms with E-state index in [1.807, 2.05) is 0 Å². The minimum atomic E-state index is -0.691. The van der Waals surface area contributed by atoms with Gasteiger partial charge in [-0.15, -0.1) is 0 Å². The van der Waals surface area contributed by atoms with E-state index >= 15 is 0 Å². The topological polar surface area (TPSA) is 66.9 Å². The Bertz CT molecular complexity index is 426. The maximum atomic E-state index is 12.3. The van der Waals surface area contributed by atoms with E-state index in [0.29, 0.717) is 5.56 Å². The van der Waals surface area contributed by atoms with Crippen LogP contribution in [-0.4, -0.2) is 11.6 Å². The van der Waals surface area contributed by atoms with E-state index < -0.39 is 17.5 Å². The maximum absolute atomic E-state index is 12.3. The van der Waals surface area contributed by atoms with E-state index in [1.165, 1.54) is 18.2 Å². The molecule has 0 aliphatic carbocycles. The van der Waals surface area contributed by atoms with Gasteiger partial charge >= 0.3 is 0 Å². The van der Waals surface area contributed by atoms with Gasteiger partial charge in [-0.2, -0.15) is 5.26 Å². The molecular formula is C10H8FN2O2. The van der Waals surface area contributed by atoms with E-state index in [1.54, 1.807) is 6.07 Å². The van der Waals surface area contributed by atoms with Gasteiger partial charge in [-0.1, -0.05) is 6.07 Å². The van der Waals surface area contributed by atoms with Gasteiger partial charge in [0.1, 0.15) is 11.6 Å². The van der Waals surface area contributed by atoms with Crippen molar-refractivity contribution in [2.75, 3.05) is 6.67 Å². The van der Waals surface area contributed by atoms with Gasteiger partial charge < -0.3 is 0 Å². The fourth-order valence-electron chi connectivity index (χ4n) is 1.14. The summed E-state index contributed by atoms with van der Waals surface area (Å²) in [5, 5.41) is 19.2. The number of halogens is 1. The summed E-state index contributed by atoms with van der Waals surface area (Å²) in [6, 6.07) is 5.68. The Hall–Kier alpha value is -1.96.